The molecule has 3 aromatic rings. The number of thiazole rings is 1. The van der Waals surface area contributed by atoms with E-state index in [1.807, 2.05) is 0 Å². The highest BCUT2D eigenvalue weighted by Gasteiger charge is 2.20. The van der Waals surface area contributed by atoms with E-state index in [1.54, 1.807) is 36.3 Å². The van der Waals surface area contributed by atoms with Crippen molar-refractivity contribution in [3.8, 4) is 10.8 Å². The number of rotatable bonds is 6. The molecule has 0 unspecified atom stereocenters. The molecule has 3 rings (SSSR count). The van der Waals surface area contributed by atoms with Crippen LogP contribution in [0.2, 0.25) is 0 Å². The lowest BCUT2D eigenvalue weighted by atomic mass is 10.3. The summed E-state index contributed by atoms with van der Waals surface area (Å²) >= 11 is 1.16. The molecule has 29 heavy (non-hydrogen) atoms. The minimum atomic E-state index is -3.60. The first kappa shape index (κ1) is 20.8. The van der Waals surface area contributed by atoms with Gasteiger partial charge in [0, 0.05) is 33.9 Å². The summed E-state index contributed by atoms with van der Waals surface area (Å²) in [7, 11) is 2.62. The molecular formula is C17H20N6O4S2. The van der Waals surface area contributed by atoms with Gasteiger partial charge in [0.15, 0.2) is 10.9 Å². The molecule has 0 aliphatic carbocycles. The summed E-state index contributed by atoms with van der Waals surface area (Å²) in [5.74, 6) is 0.560. The number of benzene rings is 1. The second kappa shape index (κ2) is 8.19. The Morgan fingerprint density at radius 3 is 2.66 bits per heavy atom. The number of carbonyl (C=O) groups excluding carboxylic acids is 1. The van der Waals surface area contributed by atoms with E-state index in [2.05, 4.69) is 15.4 Å². The van der Waals surface area contributed by atoms with Crippen molar-refractivity contribution in [1.29, 1.82) is 0 Å². The van der Waals surface area contributed by atoms with Crippen molar-refractivity contribution in [2.24, 2.45) is 7.05 Å². The fourth-order valence-electron chi connectivity index (χ4n) is 2.29. The van der Waals surface area contributed by atoms with E-state index in [1.165, 1.54) is 44.4 Å². The third kappa shape index (κ3) is 4.72. The molecule has 0 spiro atoms. The van der Waals surface area contributed by atoms with Crippen LogP contribution < -0.4 is 15.0 Å². The van der Waals surface area contributed by atoms with Gasteiger partial charge in [-0.05, 0) is 18.2 Å². The molecule has 1 N–H and O–H groups in total. The maximum absolute atomic E-state index is 12.5. The summed E-state index contributed by atoms with van der Waals surface area (Å²) in [5.41, 5.74) is 0.425. The summed E-state index contributed by atoms with van der Waals surface area (Å²) in [4.78, 5) is 18.1. The van der Waals surface area contributed by atoms with Crippen LogP contribution >= 0.6 is 11.3 Å². The van der Waals surface area contributed by atoms with E-state index < -0.39 is 16.1 Å². The fourth-order valence-corrected chi connectivity index (χ4v) is 3.91. The Kier molecular flexibility index (Phi) is 5.86. The first-order valence-electron chi connectivity index (χ1n) is 8.36. The van der Waals surface area contributed by atoms with Crippen LogP contribution in [0.3, 0.4) is 0 Å². The lowest BCUT2D eigenvalue weighted by molar-refractivity contribution is 0.258. The second-order valence-corrected chi connectivity index (χ2v) is 9.36. The zero-order chi connectivity index (χ0) is 21.2. The van der Waals surface area contributed by atoms with E-state index in [9.17, 15) is 13.2 Å². The van der Waals surface area contributed by atoms with Gasteiger partial charge < -0.3 is 4.74 Å². The number of aromatic nitrogens is 3. The maximum atomic E-state index is 12.5. The molecule has 0 atom stereocenters. The minimum absolute atomic E-state index is 0.0982. The van der Waals surface area contributed by atoms with Gasteiger partial charge in [0.25, 0.3) is 0 Å². The van der Waals surface area contributed by atoms with Crippen LogP contribution in [0.4, 0.5) is 15.6 Å². The van der Waals surface area contributed by atoms with E-state index in [-0.39, 0.29) is 4.90 Å². The molecule has 2 aromatic heterocycles. The molecule has 0 radical (unpaired) electrons. The third-order valence-corrected chi connectivity index (χ3v) is 6.49. The Labute approximate surface area is 172 Å². The summed E-state index contributed by atoms with van der Waals surface area (Å²) in [6, 6.07) is 5.68. The van der Waals surface area contributed by atoms with Gasteiger partial charge in [0.05, 0.1) is 23.5 Å². The van der Waals surface area contributed by atoms with Crippen LogP contribution in [0.5, 0.6) is 10.8 Å². The number of carbonyl (C=O) groups is 1. The van der Waals surface area contributed by atoms with E-state index >= 15 is 0 Å². The van der Waals surface area contributed by atoms with Crippen molar-refractivity contribution < 1.29 is 17.9 Å². The number of aryl methyl sites for hydroxylation is 1. The molecule has 0 saturated heterocycles. The molecule has 2 amide bonds. The van der Waals surface area contributed by atoms with Crippen molar-refractivity contribution in [2.75, 3.05) is 31.4 Å². The van der Waals surface area contributed by atoms with Crippen LogP contribution in [0.25, 0.3) is 0 Å². The molecule has 0 bridgehead atoms. The third-order valence-electron chi connectivity index (χ3n) is 3.89. The highest BCUT2D eigenvalue weighted by Crippen LogP contribution is 2.30. The number of ether oxygens (including phenoxy) is 1. The van der Waals surface area contributed by atoms with Gasteiger partial charge in [-0.1, -0.05) is 17.4 Å². The van der Waals surface area contributed by atoms with Gasteiger partial charge in [0.2, 0.25) is 15.1 Å². The number of amides is 2. The predicted molar refractivity (Wildman–Crippen MR) is 110 cm³/mol. The van der Waals surface area contributed by atoms with Crippen LogP contribution in [0.15, 0.2) is 47.8 Å². The molecule has 0 fully saturated rings. The van der Waals surface area contributed by atoms with Gasteiger partial charge in [-0.25, -0.2) is 22.5 Å². The zero-order valence-corrected chi connectivity index (χ0v) is 17.9. The Hall–Kier alpha value is -2.96. The predicted octanol–water partition coefficient (Wildman–Crippen LogP) is 2.59. The number of anilines is 2. The number of hydrogen-bond acceptors (Lipinski definition) is 7. The smallest absolute Gasteiger partial charge is 0.327 e. The Balaban J connectivity index is 1.70. The molecule has 1 aromatic carbocycles. The SMILES string of the molecule is CN(C(=O)Nc1ncc(Oc2cnn(C)c2)s1)c1cccc(S(=O)(=O)N(C)C)c1. The van der Waals surface area contributed by atoms with Gasteiger partial charge in [-0.15, -0.1) is 0 Å². The topological polar surface area (TPSA) is 110 Å². The van der Waals surface area contributed by atoms with Crippen molar-refractivity contribution in [1.82, 2.24) is 19.1 Å². The number of sulfonamides is 1. The van der Waals surface area contributed by atoms with E-state index in [0.717, 1.165) is 15.6 Å². The fraction of sp³-hybridized carbons (Fsp3) is 0.235. The normalized spacial score (nSPS) is 11.5. The number of urea groups is 1. The van der Waals surface area contributed by atoms with Gasteiger partial charge >= 0.3 is 6.03 Å². The second-order valence-electron chi connectivity index (χ2n) is 6.21. The maximum Gasteiger partial charge on any atom is 0.327 e. The lowest BCUT2D eigenvalue weighted by Crippen LogP contribution is -2.31. The van der Waals surface area contributed by atoms with Gasteiger partial charge in [-0.3, -0.25) is 14.9 Å². The summed E-state index contributed by atoms with van der Waals surface area (Å²) in [6.07, 6.45) is 4.78. The van der Waals surface area contributed by atoms with Crippen molar-refractivity contribution >= 4 is 38.2 Å². The molecule has 12 heteroatoms. The Morgan fingerprint density at radius 2 is 2.00 bits per heavy atom. The minimum Gasteiger partial charge on any atom is -0.442 e. The van der Waals surface area contributed by atoms with Crippen molar-refractivity contribution in [3.05, 3.63) is 42.9 Å². The molecule has 10 nitrogen and oxygen atoms in total. The van der Waals surface area contributed by atoms with E-state index in [4.69, 9.17) is 4.74 Å². The highest BCUT2D eigenvalue weighted by molar-refractivity contribution is 7.89. The lowest BCUT2D eigenvalue weighted by Gasteiger charge is -2.19. The van der Waals surface area contributed by atoms with Gasteiger partial charge in [0.1, 0.15) is 0 Å². The molecule has 0 aliphatic rings. The highest BCUT2D eigenvalue weighted by atomic mass is 32.2. The first-order chi connectivity index (χ1) is 13.7. The molecule has 2 heterocycles. The van der Waals surface area contributed by atoms with Crippen LogP contribution in [0, 0.1) is 0 Å². The van der Waals surface area contributed by atoms with Crippen LogP contribution in [0.1, 0.15) is 0 Å². The molecule has 0 aliphatic heterocycles. The average molecular weight is 437 g/mol. The van der Waals surface area contributed by atoms with Gasteiger partial charge in [-0.2, -0.15) is 5.10 Å². The molecular weight excluding hydrogens is 416 g/mol. The summed E-state index contributed by atoms with van der Waals surface area (Å²) < 4.78 is 32.9. The number of nitrogens with one attached hydrogen (secondary N) is 1. The average Bonchev–Trinajstić information content (AvgIpc) is 3.29. The van der Waals surface area contributed by atoms with Crippen molar-refractivity contribution in [2.45, 2.75) is 4.90 Å². The quantitative estimate of drug-likeness (QED) is 0.636. The monoisotopic (exact) mass is 436 g/mol. The first-order valence-corrected chi connectivity index (χ1v) is 10.6. The molecule has 154 valence electrons. The van der Waals surface area contributed by atoms with Crippen LogP contribution in [-0.4, -0.2) is 54.7 Å². The number of hydrogen-bond donors (Lipinski definition) is 1. The van der Waals surface area contributed by atoms with Crippen molar-refractivity contribution in [3.63, 3.8) is 0 Å². The number of nitrogens with zero attached hydrogens (tertiary/aromatic N) is 5. The zero-order valence-electron chi connectivity index (χ0n) is 16.2. The Morgan fingerprint density at radius 1 is 1.24 bits per heavy atom. The standard InChI is InChI=1S/C17H20N6O4S2/c1-21(2)29(25,26)14-7-5-6-12(8-14)23(4)17(24)20-16-18-10-15(28-16)27-13-9-19-22(3)11-13/h5-11H,1-4H3,(H,18,20,24). The molecule has 0 saturated carbocycles. The van der Waals surface area contributed by atoms with E-state index in [0.29, 0.717) is 21.6 Å². The Bertz CT molecular complexity index is 1120. The largest absolute Gasteiger partial charge is 0.442 e. The summed E-state index contributed by atoms with van der Waals surface area (Å²) in [6.45, 7) is 0. The van der Waals surface area contributed by atoms with Crippen LogP contribution in [-0.2, 0) is 17.1 Å². The summed E-state index contributed by atoms with van der Waals surface area (Å²) in [5, 5.41) is 7.52.